The average molecular weight is 416 g/mol. The molecular formula is C19H18F2N6O3. The molecule has 2 amide bonds. The van der Waals surface area contributed by atoms with E-state index in [1.165, 1.54) is 43.0 Å². The number of rotatable bonds is 6. The minimum absolute atomic E-state index is 0.164. The standard InChI is InChI=1S/C19H18F2N6O3/c1-11(28)23-14-6-7-15(22-10-14)17-18(27(2)26-25-17)24-19(29)30-16(9-20)12-4-3-5-13(21)8-12/h3-8,10,16H,9H2,1-2H3,(H,23,28)(H,24,29)/t16-/m1/s1. The third-order valence-corrected chi connectivity index (χ3v) is 3.98. The molecule has 2 aromatic heterocycles. The topological polar surface area (TPSA) is 111 Å². The monoisotopic (exact) mass is 416 g/mol. The summed E-state index contributed by atoms with van der Waals surface area (Å²) >= 11 is 0. The number of hydrogen-bond acceptors (Lipinski definition) is 6. The van der Waals surface area contributed by atoms with Crippen LogP contribution in [0.15, 0.2) is 42.6 Å². The smallest absolute Gasteiger partial charge is 0.413 e. The van der Waals surface area contributed by atoms with Crippen molar-refractivity contribution in [1.82, 2.24) is 20.0 Å². The maximum absolute atomic E-state index is 13.4. The molecule has 0 aliphatic carbocycles. The lowest BCUT2D eigenvalue weighted by molar-refractivity contribution is -0.114. The summed E-state index contributed by atoms with van der Waals surface area (Å²) in [4.78, 5) is 27.6. The van der Waals surface area contributed by atoms with Crippen LogP contribution < -0.4 is 10.6 Å². The van der Waals surface area contributed by atoms with Gasteiger partial charge in [-0.25, -0.2) is 18.3 Å². The van der Waals surface area contributed by atoms with Crippen molar-refractivity contribution >= 4 is 23.5 Å². The van der Waals surface area contributed by atoms with Crippen molar-refractivity contribution in [2.45, 2.75) is 13.0 Å². The summed E-state index contributed by atoms with van der Waals surface area (Å²) in [7, 11) is 1.54. The molecule has 0 spiro atoms. The molecule has 0 radical (unpaired) electrons. The quantitative estimate of drug-likeness (QED) is 0.638. The highest BCUT2D eigenvalue weighted by Crippen LogP contribution is 2.25. The first kappa shape index (κ1) is 20.8. The summed E-state index contributed by atoms with van der Waals surface area (Å²) in [6.45, 7) is 0.346. The van der Waals surface area contributed by atoms with Crippen molar-refractivity contribution in [3.8, 4) is 11.4 Å². The zero-order chi connectivity index (χ0) is 21.7. The van der Waals surface area contributed by atoms with Crippen LogP contribution in [0.4, 0.5) is 25.1 Å². The van der Waals surface area contributed by atoms with Gasteiger partial charge in [-0.15, -0.1) is 5.10 Å². The van der Waals surface area contributed by atoms with E-state index in [0.29, 0.717) is 11.4 Å². The van der Waals surface area contributed by atoms with Gasteiger partial charge in [0.15, 0.2) is 17.6 Å². The molecule has 9 nitrogen and oxygen atoms in total. The molecule has 11 heteroatoms. The molecule has 0 saturated heterocycles. The van der Waals surface area contributed by atoms with Crippen LogP contribution in [0.25, 0.3) is 11.4 Å². The van der Waals surface area contributed by atoms with E-state index in [-0.39, 0.29) is 23.0 Å². The Balaban J connectivity index is 1.76. The largest absolute Gasteiger partial charge is 0.438 e. The molecule has 0 aliphatic heterocycles. The van der Waals surface area contributed by atoms with Crippen molar-refractivity contribution in [3.05, 3.63) is 54.0 Å². The predicted octanol–water partition coefficient (Wildman–Crippen LogP) is 3.23. The molecule has 0 fully saturated rings. The summed E-state index contributed by atoms with van der Waals surface area (Å²) in [6.07, 6.45) is -0.819. The Morgan fingerprint density at radius 2 is 2.03 bits per heavy atom. The van der Waals surface area contributed by atoms with Gasteiger partial charge in [0.05, 0.1) is 17.6 Å². The van der Waals surface area contributed by atoms with Gasteiger partial charge in [0, 0.05) is 14.0 Å². The van der Waals surface area contributed by atoms with E-state index in [2.05, 4.69) is 25.9 Å². The molecule has 0 unspecified atom stereocenters. The first-order valence-electron chi connectivity index (χ1n) is 8.80. The summed E-state index contributed by atoms with van der Waals surface area (Å²) in [6, 6.07) is 8.35. The summed E-state index contributed by atoms with van der Waals surface area (Å²) in [5.41, 5.74) is 1.29. The maximum Gasteiger partial charge on any atom is 0.413 e. The van der Waals surface area contributed by atoms with Gasteiger partial charge in [-0.2, -0.15) is 0 Å². The lowest BCUT2D eigenvalue weighted by Gasteiger charge is -2.16. The number of pyridine rings is 1. The van der Waals surface area contributed by atoms with Crippen LogP contribution in [0, 0.1) is 5.82 Å². The normalized spacial score (nSPS) is 11.6. The zero-order valence-corrected chi connectivity index (χ0v) is 16.1. The third kappa shape index (κ3) is 4.93. The molecule has 30 heavy (non-hydrogen) atoms. The molecular weight excluding hydrogens is 398 g/mol. The third-order valence-electron chi connectivity index (χ3n) is 3.98. The van der Waals surface area contributed by atoms with E-state index in [4.69, 9.17) is 4.74 Å². The molecule has 1 aromatic carbocycles. The molecule has 0 aliphatic rings. The molecule has 3 aromatic rings. The van der Waals surface area contributed by atoms with Crippen molar-refractivity contribution < 1.29 is 23.1 Å². The van der Waals surface area contributed by atoms with Gasteiger partial charge < -0.3 is 10.1 Å². The number of hydrogen-bond donors (Lipinski definition) is 2. The Morgan fingerprint density at radius 1 is 1.23 bits per heavy atom. The first-order chi connectivity index (χ1) is 14.4. The van der Waals surface area contributed by atoms with Crippen LogP contribution in [0.3, 0.4) is 0 Å². The Kier molecular flexibility index (Phi) is 6.30. The van der Waals surface area contributed by atoms with Gasteiger partial charge in [0.1, 0.15) is 12.5 Å². The predicted molar refractivity (Wildman–Crippen MR) is 104 cm³/mol. The van der Waals surface area contributed by atoms with Crippen LogP contribution in [0.2, 0.25) is 0 Å². The van der Waals surface area contributed by atoms with Gasteiger partial charge in [-0.05, 0) is 29.8 Å². The molecule has 2 heterocycles. The molecule has 156 valence electrons. The van der Waals surface area contributed by atoms with Crippen molar-refractivity contribution in [2.24, 2.45) is 7.05 Å². The minimum atomic E-state index is -1.28. The van der Waals surface area contributed by atoms with Gasteiger partial charge in [0.25, 0.3) is 0 Å². The molecule has 0 saturated carbocycles. The number of aromatic nitrogens is 4. The number of nitrogens with one attached hydrogen (secondary N) is 2. The summed E-state index contributed by atoms with van der Waals surface area (Å²) in [5.74, 6) is -0.645. The summed E-state index contributed by atoms with van der Waals surface area (Å²) in [5, 5.41) is 12.9. The second kappa shape index (κ2) is 9.07. The Bertz CT molecular complexity index is 1050. The van der Waals surface area contributed by atoms with E-state index < -0.39 is 24.7 Å². The van der Waals surface area contributed by atoms with Gasteiger partial charge >= 0.3 is 6.09 Å². The van der Waals surface area contributed by atoms with E-state index >= 15 is 0 Å². The minimum Gasteiger partial charge on any atom is -0.438 e. The van der Waals surface area contributed by atoms with E-state index in [1.807, 2.05) is 0 Å². The number of alkyl halides is 1. The molecule has 3 rings (SSSR count). The molecule has 1 atom stereocenters. The summed E-state index contributed by atoms with van der Waals surface area (Å²) < 4.78 is 33.1. The van der Waals surface area contributed by atoms with Crippen LogP contribution >= 0.6 is 0 Å². The van der Waals surface area contributed by atoms with Crippen molar-refractivity contribution in [1.29, 1.82) is 0 Å². The van der Waals surface area contributed by atoms with E-state index in [0.717, 1.165) is 6.07 Å². The second-order valence-corrected chi connectivity index (χ2v) is 6.25. The van der Waals surface area contributed by atoms with Crippen LogP contribution in [-0.2, 0) is 16.6 Å². The van der Waals surface area contributed by atoms with Crippen molar-refractivity contribution in [3.63, 3.8) is 0 Å². The average Bonchev–Trinajstić information content (AvgIpc) is 3.06. The number of nitrogens with zero attached hydrogens (tertiary/aromatic N) is 4. The highest BCUT2D eigenvalue weighted by Gasteiger charge is 2.21. The molecule has 0 bridgehead atoms. The van der Waals surface area contributed by atoms with Gasteiger partial charge in [0.2, 0.25) is 5.91 Å². The number of carbonyl (C=O) groups is 2. The highest BCUT2D eigenvalue weighted by atomic mass is 19.1. The number of benzene rings is 1. The fourth-order valence-corrected chi connectivity index (χ4v) is 2.63. The second-order valence-electron chi connectivity index (χ2n) is 6.25. The number of ether oxygens (including phenoxy) is 1. The van der Waals surface area contributed by atoms with Crippen LogP contribution in [-0.4, -0.2) is 38.7 Å². The fraction of sp³-hybridized carbons (Fsp3) is 0.211. The Morgan fingerprint density at radius 3 is 2.67 bits per heavy atom. The maximum atomic E-state index is 13.4. The lowest BCUT2D eigenvalue weighted by atomic mass is 10.1. The van der Waals surface area contributed by atoms with Gasteiger partial charge in [-0.1, -0.05) is 17.3 Å². The number of aryl methyl sites for hydroxylation is 1. The van der Waals surface area contributed by atoms with Crippen LogP contribution in [0.5, 0.6) is 0 Å². The van der Waals surface area contributed by atoms with E-state index in [1.54, 1.807) is 12.1 Å². The molecule has 2 N–H and O–H groups in total. The zero-order valence-electron chi connectivity index (χ0n) is 16.1. The van der Waals surface area contributed by atoms with Gasteiger partial charge in [-0.3, -0.25) is 15.1 Å². The van der Waals surface area contributed by atoms with Crippen molar-refractivity contribution in [2.75, 3.05) is 17.3 Å². The number of anilines is 2. The number of amides is 2. The van der Waals surface area contributed by atoms with Crippen LogP contribution in [0.1, 0.15) is 18.6 Å². The fourth-order valence-electron chi connectivity index (χ4n) is 2.63. The highest BCUT2D eigenvalue weighted by molar-refractivity contribution is 5.89. The Labute approximate surface area is 170 Å². The lowest BCUT2D eigenvalue weighted by Crippen LogP contribution is -2.20. The first-order valence-corrected chi connectivity index (χ1v) is 8.80. The SMILES string of the molecule is CC(=O)Nc1ccc(-c2nnn(C)c2NC(=O)O[C@H](CF)c2cccc(F)c2)nc1. The van der Waals surface area contributed by atoms with E-state index in [9.17, 15) is 18.4 Å². The number of halogens is 2. The number of carbonyl (C=O) groups excluding carboxylic acids is 2. The Hall–Kier alpha value is -3.89.